The van der Waals surface area contributed by atoms with Gasteiger partial charge < -0.3 is 15.0 Å². The van der Waals surface area contributed by atoms with Gasteiger partial charge in [-0.25, -0.2) is 13.6 Å². The van der Waals surface area contributed by atoms with Crippen LogP contribution in [0.25, 0.3) is 0 Å². The van der Waals surface area contributed by atoms with Gasteiger partial charge in [-0.05, 0) is 58.6 Å². The number of piperidine rings is 1. The fraction of sp³-hybridized carbons (Fsp3) is 0.611. The molecule has 6 heteroatoms. The molecule has 1 aliphatic rings. The molecule has 1 heterocycles. The number of anilines is 1. The minimum atomic E-state index is -0.610. The van der Waals surface area contributed by atoms with Gasteiger partial charge in [0, 0.05) is 25.2 Å². The van der Waals surface area contributed by atoms with E-state index in [2.05, 4.69) is 5.32 Å². The van der Waals surface area contributed by atoms with Crippen molar-refractivity contribution in [2.75, 3.05) is 18.4 Å². The first-order chi connectivity index (χ1) is 11.2. The average Bonchev–Trinajstić information content (AvgIpc) is 2.48. The van der Waals surface area contributed by atoms with E-state index in [1.165, 1.54) is 12.1 Å². The highest BCUT2D eigenvalue weighted by Crippen LogP contribution is 2.25. The Hall–Kier alpha value is -1.85. The molecule has 2 rings (SSSR count). The number of nitrogens with one attached hydrogen (secondary N) is 1. The molecule has 0 bridgehead atoms. The van der Waals surface area contributed by atoms with E-state index in [4.69, 9.17) is 4.74 Å². The van der Waals surface area contributed by atoms with Crippen LogP contribution >= 0.6 is 0 Å². The molecule has 0 aromatic heterocycles. The summed E-state index contributed by atoms with van der Waals surface area (Å²) in [5.74, 6) is -1.03. The zero-order valence-corrected chi connectivity index (χ0v) is 14.7. The fourth-order valence-electron chi connectivity index (χ4n) is 2.88. The van der Waals surface area contributed by atoms with Gasteiger partial charge >= 0.3 is 6.09 Å². The van der Waals surface area contributed by atoms with Crippen molar-refractivity contribution in [2.24, 2.45) is 5.92 Å². The molecule has 4 nitrogen and oxygen atoms in total. The van der Waals surface area contributed by atoms with Gasteiger partial charge in [-0.15, -0.1) is 0 Å². The summed E-state index contributed by atoms with van der Waals surface area (Å²) in [6.07, 6.45) is 1.50. The summed E-state index contributed by atoms with van der Waals surface area (Å²) in [6, 6.07) is 3.44. The molecule has 24 heavy (non-hydrogen) atoms. The first-order valence-electron chi connectivity index (χ1n) is 8.35. The normalized spacial score (nSPS) is 19.8. The number of halogens is 2. The molecule has 1 N–H and O–H groups in total. The maximum absolute atomic E-state index is 13.8. The van der Waals surface area contributed by atoms with Crippen LogP contribution in [0.3, 0.4) is 0 Å². The van der Waals surface area contributed by atoms with Crippen molar-refractivity contribution in [3.8, 4) is 0 Å². The number of amides is 1. The second-order valence-electron chi connectivity index (χ2n) is 7.39. The second-order valence-corrected chi connectivity index (χ2v) is 7.39. The maximum Gasteiger partial charge on any atom is 0.410 e. The molecule has 1 aromatic carbocycles. The number of rotatable bonds is 3. The summed E-state index contributed by atoms with van der Waals surface area (Å²) >= 11 is 0. The molecular formula is C18H26F2N2O2. The van der Waals surface area contributed by atoms with E-state index in [0.717, 1.165) is 18.9 Å². The monoisotopic (exact) mass is 340 g/mol. The molecule has 1 aromatic rings. The summed E-state index contributed by atoms with van der Waals surface area (Å²) in [6.45, 7) is 8.70. The Labute approximate surface area is 142 Å². The Morgan fingerprint density at radius 1 is 1.38 bits per heavy atom. The highest BCUT2D eigenvalue weighted by molar-refractivity contribution is 5.68. The zero-order chi connectivity index (χ0) is 17.9. The summed E-state index contributed by atoms with van der Waals surface area (Å²) < 4.78 is 32.2. The molecule has 0 aliphatic carbocycles. The van der Waals surface area contributed by atoms with Gasteiger partial charge in [0.25, 0.3) is 0 Å². The SMILES string of the molecule is CC(Nc1ccc(F)cc1F)C1CCCN(C(=O)OC(C)(C)C)C1. The van der Waals surface area contributed by atoms with Crippen molar-refractivity contribution in [2.45, 2.75) is 52.2 Å². The van der Waals surface area contributed by atoms with Crippen LogP contribution in [0, 0.1) is 17.6 Å². The van der Waals surface area contributed by atoms with Crippen LogP contribution in [0.5, 0.6) is 0 Å². The van der Waals surface area contributed by atoms with E-state index in [1.807, 2.05) is 27.7 Å². The average molecular weight is 340 g/mol. The highest BCUT2D eigenvalue weighted by Gasteiger charge is 2.30. The molecule has 2 atom stereocenters. The Balaban J connectivity index is 1.97. The molecule has 1 saturated heterocycles. The van der Waals surface area contributed by atoms with Crippen LogP contribution < -0.4 is 5.32 Å². The lowest BCUT2D eigenvalue weighted by atomic mass is 9.91. The van der Waals surface area contributed by atoms with Crippen molar-refractivity contribution < 1.29 is 18.3 Å². The van der Waals surface area contributed by atoms with Crippen LogP contribution in [-0.2, 0) is 4.74 Å². The van der Waals surface area contributed by atoms with Crippen molar-refractivity contribution in [3.05, 3.63) is 29.8 Å². The van der Waals surface area contributed by atoms with Crippen LogP contribution in [0.15, 0.2) is 18.2 Å². The van der Waals surface area contributed by atoms with Crippen molar-refractivity contribution in [1.29, 1.82) is 0 Å². The predicted molar refractivity (Wildman–Crippen MR) is 90.0 cm³/mol. The number of ether oxygens (including phenoxy) is 1. The molecular weight excluding hydrogens is 314 g/mol. The third kappa shape index (κ3) is 5.08. The van der Waals surface area contributed by atoms with E-state index in [9.17, 15) is 13.6 Å². The first-order valence-corrected chi connectivity index (χ1v) is 8.35. The minimum absolute atomic E-state index is 0.0461. The highest BCUT2D eigenvalue weighted by atomic mass is 19.1. The van der Waals surface area contributed by atoms with E-state index < -0.39 is 17.2 Å². The van der Waals surface area contributed by atoms with Crippen molar-refractivity contribution in [1.82, 2.24) is 4.90 Å². The van der Waals surface area contributed by atoms with Gasteiger partial charge in [0.2, 0.25) is 0 Å². The van der Waals surface area contributed by atoms with E-state index in [-0.39, 0.29) is 23.7 Å². The molecule has 1 aliphatic heterocycles. The number of hydrogen-bond donors (Lipinski definition) is 1. The predicted octanol–water partition coefficient (Wildman–Crippen LogP) is 4.41. The Kier molecular flexibility index (Phi) is 5.67. The lowest BCUT2D eigenvalue weighted by Crippen LogP contribution is -2.46. The van der Waals surface area contributed by atoms with Crippen LogP contribution in [-0.4, -0.2) is 35.7 Å². The zero-order valence-electron chi connectivity index (χ0n) is 14.7. The fourth-order valence-corrected chi connectivity index (χ4v) is 2.88. The second kappa shape index (κ2) is 7.36. The molecule has 0 radical (unpaired) electrons. The Bertz CT molecular complexity index is 587. The molecule has 0 saturated carbocycles. The summed E-state index contributed by atoms with van der Waals surface area (Å²) in [7, 11) is 0. The lowest BCUT2D eigenvalue weighted by molar-refractivity contribution is 0.0159. The van der Waals surface area contributed by atoms with Crippen LogP contribution in [0.1, 0.15) is 40.5 Å². The lowest BCUT2D eigenvalue weighted by Gasteiger charge is -2.37. The third-order valence-corrected chi connectivity index (χ3v) is 4.13. The molecule has 1 amide bonds. The van der Waals surface area contributed by atoms with Gasteiger partial charge in [-0.1, -0.05) is 0 Å². The first kappa shape index (κ1) is 18.5. The van der Waals surface area contributed by atoms with Gasteiger partial charge in [-0.3, -0.25) is 0 Å². The number of nitrogens with zero attached hydrogens (tertiary/aromatic N) is 1. The number of carbonyl (C=O) groups is 1. The van der Waals surface area contributed by atoms with E-state index >= 15 is 0 Å². The van der Waals surface area contributed by atoms with Gasteiger partial charge in [0.15, 0.2) is 0 Å². The van der Waals surface area contributed by atoms with Crippen LogP contribution in [0.4, 0.5) is 19.3 Å². The minimum Gasteiger partial charge on any atom is -0.444 e. The number of hydrogen-bond acceptors (Lipinski definition) is 3. The van der Waals surface area contributed by atoms with Crippen molar-refractivity contribution in [3.63, 3.8) is 0 Å². The summed E-state index contributed by atoms with van der Waals surface area (Å²) in [5, 5.41) is 3.09. The maximum atomic E-state index is 13.8. The Morgan fingerprint density at radius 3 is 2.71 bits per heavy atom. The van der Waals surface area contributed by atoms with Crippen molar-refractivity contribution >= 4 is 11.8 Å². The number of likely N-dealkylation sites (tertiary alicyclic amines) is 1. The smallest absolute Gasteiger partial charge is 0.410 e. The van der Waals surface area contributed by atoms with Gasteiger partial charge in [-0.2, -0.15) is 0 Å². The quantitative estimate of drug-likeness (QED) is 0.886. The standard InChI is InChI=1S/C18H26F2N2O2/c1-12(21-16-8-7-14(19)10-15(16)20)13-6-5-9-22(11-13)17(23)24-18(2,3)4/h7-8,10,12-13,21H,5-6,9,11H2,1-4H3. The molecule has 1 fully saturated rings. The van der Waals surface area contributed by atoms with E-state index in [1.54, 1.807) is 4.90 Å². The molecule has 2 unspecified atom stereocenters. The Morgan fingerprint density at radius 2 is 2.08 bits per heavy atom. The van der Waals surface area contributed by atoms with Gasteiger partial charge in [0.1, 0.15) is 17.2 Å². The third-order valence-electron chi connectivity index (χ3n) is 4.13. The van der Waals surface area contributed by atoms with Crippen LogP contribution in [0.2, 0.25) is 0 Å². The number of carbonyl (C=O) groups excluding carboxylic acids is 1. The van der Waals surface area contributed by atoms with E-state index in [0.29, 0.717) is 13.1 Å². The summed E-state index contributed by atoms with van der Waals surface area (Å²) in [4.78, 5) is 13.9. The number of benzene rings is 1. The topological polar surface area (TPSA) is 41.6 Å². The summed E-state index contributed by atoms with van der Waals surface area (Å²) in [5.41, 5.74) is -0.246. The van der Waals surface area contributed by atoms with Gasteiger partial charge in [0.05, 0.1) is 5.69 Å². The largest absolute Gasteiger partial charge is 0.444 e. The molecule has 0 spiro atoms. The molecule has 134 valence electrons.